The number of phosphoric acid groups is 2. The number of hydrogen-bond acceptors (Lipinski definition) is 15. The van der Waals surface area contributed by atoms with Gasteiger partial charge in [-0.3, -0.25) is 37.3 Å². The Balaban J connectivity index is 5.07. The summed E-state index contributed by atoms with van der Waals surface area (Å²) in [5, 5.41) is 10.5. The molecule has 17 nitrogen and oxygen atoms in total. The Morgan fingerprint density at radius 3 is 0.791 bits per heavy atom. The summed E-state index contributed by atoms with van der Waals surface area (Å²) in [6.45, 7) is 7.15. The van der Waals surface area contributed by atoms with Gasteiger partial charge in [0, 0.05) is 25.7 Å². The van der Waals surface area contributed by atoms with Crippen molar-refractivity contribution in [3.05, 3.63) is 0 Å². The van der Waals surface area contributed by atoms with E-state index in [1.165, 1.54) is 161 Å². The van der Waals surface area contributed by atoms with Crippen molar-refractivity contribution in [1.29, 1.82) is 0 Å². The van der Waals surface area contributed by atoms with Crippen molar-refractivity contribution in [2.75, 3.05) is 39.6 Å². The highest BCUT2D eigenvalue weighted by Crippen LogP contribution is 2.45. The monoisotopic (exact) mass is 1270 g/mol. The number of ether oxygens (including phenoxy) is 4. The zero-order valence-electron chi connectivity index (χ0n) is 55.4. The summed E-state index contributed by atoms with van der Waals surface area (Å²) < 4.78 is 67.9. The van der Waals surface area contributed by atoms with Crippen LogP contribution in [0.25, 0.3) is 0 Å². The minimum Gasteiger partial charge on any atom is -0.462 e. The second kappa shape index (κ2) is 60.6. The predicted octanol–water partition coefficient (Wildman–Crippen LogP) is 19.0. The number of esters is 4. The fourth-order valence-corrected chi connectivity index (χ4v) is 11.7. The van der Waals surface area contributed by atoms with Gasteiger partial charge >= 0.3 is 39.5 Å². The maximum Gasteiger partial charge on any atom is 0.472 e. The Morgan fingerprint density at radius 2 is 0.535 bits per heavy atom. The minimum atomic E-state index is -4.94. The highest BCUT2D eigenvalue weighted by Gasteiger charge is 2.30. The average molecular weight is 1270 g/mol. The van der Waals surface area contributed by atoms with E-state index in [0.717, 1.165) is 102 Å². The second-order valence-electron chi connectivity index (χ2n) is 24.7. The molecule has 0 aromatic heterocycles. The first-order valence-corrected chi connectivity index (χ1v) is 38.1. The molecule has 0 rings (SSSR count). The van der Waals surface area contributed by atoms with Crippen LogP contribution in [0.4, 0.5) is 0 Å². The van der Waals surface area contributed by atoms with E-state index in [4.69, 9.17) is 37.0 Å². The number of carbonyl (C=O) groups excluding carboxylic acids is 4. The molecule has 0 heterocycles. The second-order valence-corrected chi connectivity index (χ2v) is 27.6. The van der Waals surface area contributed by atoms with Crippen molar-refractivity contribution in [1.82, 2.24) is 0 Å². The van der Waals surface area contributed by atoms with E-state index in [2.05, 4.69) is 34.6 Å². The quantitative estimate of drug-likeness (QED) is 0.0222. The molecule has 19 heteroatoms. The van der Waals surface area contributed by atoms with E-state index in [-0.39, 0.29) is 25.7 Å². The molecule has 86 heavy (non-hydrogen) atoms. The predicted molar refractivity (Wildman–Crippen MR) is 345 cm³/mol. The maximum atomic E-state index is 13.0. The third-order valence-electron chi connectivity index (χ3n) is 15.5. The zero-order valence-corrected chi connectivity index (χ0v) is 57.2. The topological polar surface area (TPSA) is 237 Å². The lowest BCUT2D eigenvalue weighted by molar-refractivity contribution is -0.161. The lowest BCUT2D eigenvalue weighted by Crippen LogP contribution is -2.30. The molecular weight excluding hydrogens is 1140 g/mol. The molecule has 5 atom stereocenters. The molecule has 2 unspecified atom stereocenters. The van der Waals surface area contributed by atoms with E-state index in [0.29, 0.717) is 25.7 Å². The molecule has 0 saturated heterocycles. The molecular formula is C67H130O17P2. The van der Waals surface area contributed by atoms with Crippen LogP contribution in [0.2, 0.25) is 0 Å². The maximum absolute atomic E-state index is 13.0. The van der Waals surface area contributed by atoms with E-state index in [1.807, 2.05) is 0 Å². The minimum absolute atomic E-state index is 0.106. The van der Waals surface area contributed by atoms with Gasteiger partial charge in [-0.05, 0) is 31.6 Å². The van der Waals surface area contributed by atoms with Crippen LogP contribution in [0.1, 0.15) is 343 Å². The molecule has 510 valence electrons. The molecule has 0 fully saturated rings. The first-order valence-electron chi connectivity index (χ1n) is 35.1. The number of rotatable bonds is 67. The summed E-state index contributed by atoms with van der Waals surface area (Å²) in [4.78, 5) is 72.0. The summed E-state index contributed by atoms with van der Waals surface area (Å²) in [7, 11) is -9.88. The molecule has 0 aliphatic rings. The normalized spacial score (nSPS) is 14.2. The van der Waals surface area contributed by atoms with Gasteiger partial charge < -0.3 is 33.8 Å². The van der Waals surface area contributed by atoms with Crippen LogP contribution < -0.4 is 0 Å². The van der Waals surface area contributed by atoms with Crippen molar-refractivity contribution < 1.29 is 80.2 Å². The van der Waals surface area contributed by atoms with Gasteiger partial charge in [0.2, 0.25) is 0 Å². The SMILES string of the molecule is CCCCCCCCCCCCC(=O)OC[C@H](COP(=O)(O)OC[C@@H](O)COP(=O)(O)OC[C@@H](COC(=O)CCCCCCC)OC(=O)CCCCCCCCCCCC)OC(=O)CCCCCCCCCCCCCCCCCCCCC(C)C. The Bertz CT molecular complexity index is 1670. The largest absolute Gasteiger partial charge is 0.472 e. The molecule has 0 aliphatic heterocycles. The first-order chi connectivity index (χ1) is 41.5. The number of hydrogen-bond donors (Lipinski definition) is 3. The van der Waals surface area contributed by atoms with Crippen molar-refractivity contribution >= 4 is 39.5 Å². The fraction of sp³-hybridized carbons (Fsp3) is 0.940. The van der Waals surface area contributed by atoms with Crippen LogP contribution in [0, 0.1) is 5.92 Å². The van der Waals surface area contributed by atoms with Crippen molar-refractivity contribution in [2.24, 2.45) is 5.92 Å². The van der Waals surface area contributed by atoms with Crippen LogP contribution >= 0.6 is 15.6 Å². The molecule has 0 bridgehead atoms. The van der Waals surface area contributed by atoms with Crippen LogP contribution in [-0.4, -0.2) is 96.7 Å². The smallest absolute Gasteiger partial charge is 0.462 e. The highest BCUT2D eigenvalue weighted by atomic mass is 31.2. The van der Waals surface area contributed by atoms with Gasteiger partial charge in [0.15, 0.2) is 12.2 Å². The highest BCUT2D eigenvalue weighted by molar-refractivity contribution is 7.47. The molecule has 0 aromatic rings. The lowest BCUT2D eigenvalue weighted by atomic mass is 10.0. The third kappa shape index (κ3) is 60.9. The van der Waals surface area contributed by atoms with E-state index >= 15 is 0 Å². The van der Waals surface area contributed by atoms with Gasteiger partial charge in [0.1, 0.15) is 19.3 Å². The standard InChI is InChI=1S/C67H130O17P2/c1-6-9-12-15-17-19-32-36-41-46-51-65(70)78-57-63(84-67(72)53-48-43-38-34-30-28-26-24-22-21-23-25-27-29-31-35-40-44-49-60(4)5)59-82-86(75,76)80-55-61(68)54-79-85(73,74)81-58-62(56-77-64(69)50-45-39-14-11-8-3)83-66(71)52-47-42-37-33-20-18-16-13-10-7-2/h60-63,68H,6-59H2,1-5H3,(H,73,74)(H,75,76)/t61-,62+,63+/m0/s1. The van der Waals surface area contributed by atoms with Crippen LogP contribution in [-0.2, 0) is 65.4 Å². The third-order valence-corrected chi connectivity index (χ3v) is 17.4. The van der Waals surface area contributed by atoms with Gasteiger partial charge in [-0.2, -0.15) is 0 Å². The lowest BCUT2D eigenvalue weighted by Gasteiger charge is -2.21. The van der Waals surface area contributed by atoms with Gasteiger partial charge in [0.05, 0.1) is 26.4 Å². The summed E-state index contributed by atoms with van der Waals surface area (Å²) in [6, 6.07) is 0. The molecule has 0 radical (unpaired) electrons. The van der Waals surface area contributed by atoms with Gasteiger partial charge in [-0.15, -0.1) is 0 Å². The number of aliphatic hydroxyl groups is 1. The van der Waals surface area contributed by atoms with E-state index < -0.39 is 97.5 Å². The van der Waals surface area contributed by atoms with Crippen molar-refractivity contribution in [3.8, 4) is 0 Å². The fourth-order valence-electron chi connectivity index (χ4n) is 10.1. The Kier molecular flexibility index (Phi) is 59.2. The summed E-state index contributed by atoms with van der Waals surface area (Å²) in [5.74, 6) is -1.32. The molecule has 0 saturated carbocycles. The number of aliphatic hydroxyl groups excluding tert-OH is 1. The van der Waals surface area contributed by atoms with Crippen molar-refractivity contribution in [3.63, 3.8) is 0 Å². The Labute approximate surface area is 524 Å². The molecule has 0 spiro atoms. The Morgan fingerprint density at radius 1 is 0.314 bits per heavy atom. The summed E-state index contributed by atoms with van der Waals surface area (Å²) in [5.41, 5.74) is 0. The van der Waals surface area contributed by atoms with Crippen LogP contribution in [0.3, 0.4) is 0 Å². The van der Waals surface area contributed by atoms with E-state index in [9.17, 15) is 43.2 Å². The number of unbranched alkanes of at least 4 members (excludes halogenated alkanes) is 39. The van der Waals surface area contributed by atoms with Gasteiger partial charge in [-0.25, -0.2) is 9.13 Å². The van der Waals surface area contributed by atoms with Gasteiger partial charge in [-0.1, -0.05) is 291 Å². The number of carbonyl (C=O) groups is 4. The first kappa shape index (κ1) is 84.1. The zero-order chi connectivity index (χ0) is 63.5. The van der Waals surface area contributed by atoms with Gasteiger partial charge in [0.25, 0.3) is 0 Å². The molecule has 0 amide bonds. The Hall–Kier alpha value is -1.94. The molecule has 0 aliphatic carbocycles. The molecule has 0 aromatic carbocycles. The number of phosphoric ester groups is 2. The van der Waals surface area contributed by atoms with Crippen molar-refractivity contribution in [2.45, 2.75) is 361 Å². The molecule has 3 N–H and O–H groups in total. The van der Waals surface area contributed by atoms with Crippen LogP contribution in [0.15, 0.2) is 0 Å². The van der Waals surface area contributed by atoms with Crippen LogP contribution in [0.5, 0.6) is 0 Å². The van der Waals surface area contributed by atoms with E-state index in [1.54, 1.807) is 0 Å². The summed E-state index contributed by atoms with van der Waals surface area (Å²) in [6.07, 6.45) is 46.3. The average Bonchev–Trinajstić information content (AvgIpc) is 3.70. The summed E-state index contributed by atoms with van der Waals surface area (Å²) >= 11 is 0.